The predicted molar refractivity (Wildman–Crippen MR) is 57.9 cm³/mol. The summed E-state index contributed by atoms with van der Waals surface area (Å²) in [6.45, 7) is 0. The minimum Gasteiger partial charge on any atom is -0.293 e. The van der Waals surface area contributed by atoms with Gasteiger partial charge in [-0.05, 0) is 7.05 Å². The van der Waals surface area contributed by atoms with Crippen LogP contribution in [0.1, 0.15) is 5.56 Å². The topological polar surface area (TPSA) is 60.2 Å². The summed E-state index contributed by atoms with van der Waals surface area (Å²) >= 11 is 0. The van der Waals surface area contributed by atoms with E-state index in [9.17, 15) is 5.21 Å². The zero-order valence-electron chi connectivity index (χ0n) is 8.33. The lowest BCUT2D eigenvalue weighted by atomic mass is 10.1. The molecule has 1 aliphatic heterocycles. The Kier molecular flexibility index (Phi) is 2.75. The summed E-state index contributed by atoms with van der Waals surface area (Å²) in [6.07, 6.45) is 0.915. The third kappa shape index (κ3) is 1.88. The number of hydrogen-bond donors (Lipinski definition) is 2. The fraction of sp³-hybridized carbons (Fsp3) is 0.200. The van der Waals surface area contributed by atoms with Crippen molar-refractivity contribution in [1.82, 2.24) is 10.4 Å². The van der Waals surface area contributed by atoms with Gasteiger partial charge < -0.3 is 0 Å². The monoisotopic (exact) mass is 204 g/mol. The molecule has 78 valence electrons. The summed E-state index contributed by atoms with van der Waals surface area (Å²) in [7, 11) is 1.76. The second-order valence-electron chi connectivity index (χ2n) is 3.15. The van der Waals surface area contributed by atoms with Crippen LogP contribution in [0.25, 0.3) is 0 Å². The Balaban J connectivity index is 2.35. The van der Waals surface area contributed by atoms with Crippen LogP contribution in [0.15, 0.2) is 40.5 Å². The summed E-state index contributed by atoms with van der Waals surface area (Å²) in [5.41, 5.74) is 1.64. The van der Waals surface area contributed by atoms with Gasteiger partial charge in [-0.1, -0.05) is 30.3 Å². The highest BCUT2D eigenvalue weighted by molar-refractivity contribution is 6.05. The lowest BCUT2D eigenvalue weighted by Gasteiger charge is -2.26. The fourth-order valence-corrected chi connectivity index (χ4v) is 1.48. The highest BCUT2D eigenvalue weighted by Crippen LogP contribution is 2.09. The molecule has 1 unspecified atom stereocenters. The van der Waals surface area contributed by atoms with E-state index < -0.39 is 0 Å². The van der Waals surface area contributed by atoms with E-state index in [0.717, 1.165) is 10.6 Å². The Labute approximate surface area is 87.7 Å². The van der Waals surface area contributed by atoms with Crippen LogP contribution in [-0.4, -0.2) is 35.5 Å². The summed E-state index contributed by atoms with van der Waals surface area (Å²) in [5.74, 6) is 0. The van der Waals surface area contributed by atoms with Gasteiger partial charge in [-0.25, -0.2) is 5.06 Å². The Hall–Kier alpha value is -1.72. The molecule has 5 nitrogen and oxygen atoms in total. The zero-order chi connectivity index (χ0) is 10.7. The Morgan fingerprint density at radius 2 is 2.07 bits per heavy atom. The number of hydrogen-bond acceptors (Lipinski definition) is 5. The van der Waals surface area contributed by atoms with Gasteiger partial charge in [-0.2, -0.15) is 0 Å². The minimum absolute atomic E-state index is 0.357. The van der Waals surface area contributed by atoms with Crippen molar-refractivity contribution in [2.45, 2.75) is 6.17 Å². The molecule has 1 aliphatic rings. The fourth-order valence-electron chi connectivity index (χ4n) is 1.48. The molecule has 0 aromatic heterocycles. The second-order valence-corrected chi connectivity index (χ2v) is 3.15. The van der Waals surface area contributed by atoms with Crippen molar-refractivity contribution in [2.24, 2.45) is 10.2 Å². The summed E-state index contributed by atoms with van der Waals surface area (Å²) in [4.78, 5) is 0. The molecule has 0 spiro atoms. The van der Waals surface area contributed by atoms with Crippen molar-refractivity contribution in [3.8, 4) is 0 Å². The first-order valence-electron chi connectivity index (χ1n) is 4.64. The third-order valence-electron chi connectivity index (χ3n) is 2.20. The van der Waals surface area contributed by atoms with Crippen LogP contribution < -0.4 is 5.32 Å². The van der Waals surface area contributed by atoms with Gasteiger partial charge in [-0.15, -0.1) is 10.2 Å². The smallest absolute Gasteiger partial charge is 0.152 e. The lowest BCUT2D eigenvalue weighted by molar-refractivity contribution is -0.0354. The molecule has 0 fully saturated rings. The first-order valence-corrected chi connectivity index (χ1v) is 4.64. The van der Waals surface area contributed by atoms with Gasteiger partial charge >= 0.3 is 0 Å². The first-order chi connectivity index (χ1) is 7.33. The van der Waals surface area contributed by atoms with Crippen LogP contribution in [0, 0.1) is 0 Å². The van der Waals surface area contributed by atoms with E-state index in [0.29, 0.717) is 5.71 Å². The molecule has 2 N–H and O–H groups in total. The van der Waals surface area contributed by atoms with E-state index in [2.05, 4.69) is 15.5 Å². The van der Waals surface area contributed by atoms with Crippen molar-refractivity contribution in [1.29, 1.82) is 0 Å². The highest BCUT2D eigenvalue weighted by atomic mass is 16.5. The molecule has 1 heterocycles. The van der Waals surface area contributed by atoms with Gasteiger partial charge in [0.05, 0.1) is 0 Å². The molecular weight excluding hydrogens is 192 g/mol. The molecule has 0 saturated carbocycles. The molecule has 1 aromatic rings. The summed E-state index contributed by atoms with van der Waals surface area (Å²) < 4.78 is 0. The Morgan fingerprint density at radius 1 is 1.33 bits per heavy atom. The molecule has 0 aliphatic carbocycles. The number of rotatable bonds is 2. The standard InChI is InChI=1S/C10H12N4O/c1-11-10-9(13-12-7-14(10)15)8-5-3-2-4-6-8/h2-7,10-11,15H,1H3. The zero-order valence-corrected chi connectivity index (χ0v) is 8.33. The maximum Gasteiger partial charge on any atom is 0.152 e. The minimum atomic E-state index is -0.357. The van der Waals surface area contributed by atoms with Gasteiger partial charge in [0, 0.05) is 5.56 Å². The van der Waals surface area contributed by atoms with Crippen LogP contribution in [0.5, 0.6) is 0 Å². The third-order valence-corrected chi connectivity index (χ3v) is 2.20. The molecule has 5 heteroatoms. The summed E-state index contributed by atoms with van der Waals surface area (Å²) in [5, 5.41) is 21.2. The molecule has 0 bridgehead atoms. The van der Waals surface area contributed by atoms with Crippen molar-refractivity contribution in [3.05, 3.63) is 35.9 Å². The van der Waals surface area contributed by atoms with Crippen LogP contribution in [0.4, 0.5) is 0 Å². The van der Waals surface area contributed by atoms with Crippen LogP contribution in [0.2, 0.25) is 0 Å². The van der Waals surface area contributed by atoms with E-state index >= 15 is 0 Å². The number of nitrogens with zero attached hydrogens (tertiary/aromatic N) is 3. The van der Waals surface area contributed by atoms with Gasteiger partial charge in [-0.3, -0.25) is 10.5 Å². The number of likely N-dealkylation sites (N-methyl/N-ethyl adjacent to an activating group) is 1. The van der Waals surface area contributed by atoms with Gasteiger partial charge in [0.25, 0.3) is 0 Å². The number of hydroxylamine groups is 2. The molecule has 15 heavy (non-hydrogen) atoms. The quantitative estimate of drug-likeness (QED) is 0.744. The number of benzene rings is 1. The van der Waals surface area contributed by atoms with Crippen LogP contribution in [-0.2, 0) is 0 Å². The Morgan fingerprint density at radius 3 is 2.73 bits per heavy atom. The molecule has 1 atom stereocenters. The van der Waals surface area contributed by atoms with Crippen LogP contribution in [0.3, 0.4) is 0 Å². The molecular formula is C10H12N4O. The maximum atomic E-state index is 9.54. The molecule has 0 radical (unpaired) electrons. The van der Waals surface area contributed by atoms with E-state index in [1.54, 1.807) is 7.05 Å². The van der Waals surface area contributed by atoms with Gasteiger partial charge in [0.2, 0.25) is 0 Å². The lowest BCUT2D eigenvalue weighted by Crippen LogP contribution is -2.49. The highest BCUT2D eigenvalue weighted by Gasteiger charge is 2.23. The van der Waals surface area contributed by atoms with Crippen molar-refractivity contribution in [2.75, 3.05) is 7.05 Å². The van der Waals surface area contributed by atoms with Gasteiger partial charge in [0.15, 0.2) is 6.17 Å². The molecule has 1 aromatic carbocycles. The molecule has 0 amide bonds. The SMILES string of the molecule is CNC1C(c2ccccc2)=NN=CN1O. The average Bonchev–Trinajstić information content (AvgIpc) is 2.30. The average molecular weight is 204 g/mol. The van der Waals surface area contributed by atoms with E-state index in [-0.39, 0.29) is 6.17 Å². The van der Waals surface area contributed by atoms with Crippen molar-refractivity contribution >= 4 is 12.1 Å². The first kappa shape index (κ1) is 9.82. The maximum absolute atomic E-state index is 9.54. The molecule has 0 saturated heterocycles. The summed E-state index contributed by atoms with van der Waals surface area (Å²) in [6, 6.07) is 9.63. The van der Waals surface area contributed by atoms with E-state index in [4.69, 9.17) is 0 Å². The van der Waals surface area contributed by atoms with Crippen molar-refractivity contribution in [3.63, 3.8) is 0 Å². The predicted octanol–water partition coefficient (Wildman–Crippen LogP) is 0.669. The van der Waals surface area contributed by atoms with E-state index in [1.165, 1.54) is 6.34 Å². The van der Waals surface area contributed by atoms with Gasteiger partial charge in [0.1, 0.15) is 12.1 Å². The number of nitrogens with one attached hydrogen (secondary N) is 1. The molecule has 2 rings (SSSR count). The van der Waals surface area contributed by atoms with Crippen LogP contribution >= 0.6 is 0 Å². The Bertz CT molecular complexity index is 388. The van der Waals surface area contributed by atoms with Crippen molar-refractivity contribution < 1.29 is 5.21 Å². The van der Waals surface area contributed by atoms with E-state index in [1.807, 2.05) is 30.3 Å². The second kappa shape index (κ2) is 4.20. The normalized spacial score (nSPS) is 20.3. The largest absolute Gasteiger partial charge is 0.293 e.